The van der Waals surface area contributed by atoms with E-state index in [9.17, 15) is 0 Å². The molecule has 0 aromatic carbocycles. The van der Waals surface area contributed by atoms with Crippen molar-refractivity contribution < 1.29 is 4.74 Å². The van der Waals surface area contributed by atoms with Crippen LogP contribution in [0.4, 0.5) is 5.82 Å². The Bertz CT molecular complexity index is 551. The Labute approximate surface area is 111 Å². The third kappa shape index (κ3) is 3.07. The lowest BCUT2D eigenvalue weighted by molar-refractivity contribution is 0.181. The summed E-state index contributed by atoms with van der Waals surface area (Å²) >= 11 is 0. The molecule has 0 unspecified atom stereocenters. The second kappa shape index (κ2) is 5.77. The van der Waals surface area contributed by atoms with Crippen molar-refractivity contribution in [3.63, 3.8) is 0 Å². The third-order valence-corrected chi connectivity index (χ3v) is 2.61. The zero-order chi connectivity index (χ0) is 13.8. The highest BCUT2D eigenvalue weighted by atomic mass is 16.5. The van der Waals surface area contributed by atoms with Gasteiger partial charge in [0.2, 0.25) is 0 Å². The van der Waals surface area contributed by atoms with Crippen LogP contribution >= 0.6 is 0 Å². The molecule has 0 radical (unpaired) electrons. The van der Waals surface area contributed by atoms with Crippen LogP contribution in [0.25, 0.3) is 11.4 Å². The molecule has 0 fully saturated rings. The number of methoxy groups -OCH3 is 1. The molecule has 0 amide bonds. The Balaban J connectivity index is 2.38. The van der Waals surface area contributed by atoms with Crippen LogP contribution in [-0.4, -0.2) is 26.9 Å². The van der Waals surface area contributed by atoms with Crippen molar-refractivity contribution in [3.05, 3.63) is 24.2 Å². The van der Waals surface area contributed by atoms with E-state index in [2.05, 4.69) is 34.3 Å². The molecule has 7 nitrogen and oxygen atoms in total. The number of ether oxygens (including phenoxy) is 1. The van der Waals surface area contributed by atoms with E-state index in [4.69, 9.17) is 10.6 Å². The molecule has 0 atom stereocenters. The zero-order valence-corrected chi connectivity index (χ0v) is 11.3. The average molecular weight is 262 g/mol. The van der Waals surface area contributed by atoms with Crippen LogP contribution in [0.2, 0.25) is 0 Å². The van der Waals surface area contributed by atoms with Crippen molar-refractivity contribution in [2.45, 2.75) is 26.5 Å². The van der Waals surface area contributed by atoms with Gasteiger partial charge in [-0.3, -0.25) is 4.68 Å². The van der Waals surface area contributed by atoms with Crippen molar-refractivity contribution in [2.24, 2.45) is 5.84 Å². The lowest BCUT2D eigenvalue weighted by Crippen LogP contribution is -2.10. The molecule has 0 bridgehead atoms. The maximum Gasteiger partial charge on any atom is 0.165 e. The highest BCUT2D eigenvalue weighted by molar-refractivity contribution is 5.55. The van der Waals surface area contributed by atoms with Crippen LogP contribution in [0.1, 0.15) is 25.6 Å². The number of hydrogen-bond acceptors (Lipinski definition) is 6. The second-order valence-electron chi connectivity index (χ2n) is 4.45. The van der Waals surface area contributed by atoms with Crippen molar-refractivity contribution in [1.29, 1.82) is 0 Å². The number of aromatic nitrogens is 4. The summed E-state index contributed by atoms with van der Waals surface area (Å²) in [7, 11) is 1.62. The van der Waals surface area contributed by atoms with E-state index in [-0.39, 0.29) is 0 Å². The molecule has 102 valence electrons. The van der Waals surface area contributed by atoms with Gasteiger partial charge in [0.15, 0.2) is 5.82 Å². The number of nitrogens with one attached hydrogen (secondary N) is 1. The summed E-state index contributed by atoms with van der Waals surface area (Å²) in [4.78, 5) is 8.75. The number of hydrogen-bond donors (Lipinski definition) is 2. The fourth-order valence-electron chi connectivity index (χ4n) is 1.66. The molecule has 0 spiro atoms. The van der Waals surface area contributed by atoms with Gasteiger partial charge in [0.1, 0.15) is 5.82 Å². The number of hydrazine groups is 1. The van der Waals surface area contributed by atoms with E-state index in [1.54, 1.807) is 19.4 Å². The molecule has 3 N–H and O–H groups in total. The normalized spacial score (nSPS) is 11.0. The van der Waals surface area contributed by atoms with Gasteiger partial charge in [0.05, 0.1) is 24.1 Å². The minimum atomic E-state index is 0.294. The number of nitrogens with two attached hydrogens (primary N) is 1. The van der Waals surface area contributed by atoms with Gasteiger partial charge in [-0.1, -0.05) is 0 Å². The van der Waals surface area contributed by atoms with Crippen molar-refractivity contribution >= 4 is 5.82 Å². The van der Waals surface area contributed by atoms with Crippen LogP contribution in [0.3, 0.4) is 0 Å². The number of nitrogens with zero attached hydrogens (tertiary/aromatic N) is 4. The van der Waals surface area contributed by atoms with Crippen LogP contribution < -0.4 is 11.3 Å². The topological polar surface area (TPSA) is 90.9 Å². The first kappa shape index (κ1) is 13.4. The first-order valence-electron chi connectivity index (χ1n) is 6.02. The predicted molar refractivity (Wildman–Crippen MR) is 72.2 cm³/mol. The molecule has 0 aliphatic rings. The smallest absolute Gasteiger partial charge is 0.165 e. The molecule has 19 heavy (non-hydrogen) atoms. The molecule has 2 heterocycles. The van der Waals surface area contributed by atoms with Gasteiger partial charge >= 0.3 is 0 Å². The fraction of sp³-hybridized carbons (Fsp3) is 0.417. The van der Waals surface area contributed by atoms with Crippen molar-refractivity contribution in [2.75, 3.05) is 12.5 Å². The Morgan fingerprint density at radius 1 is 1.42 bits per heavy atom. The standard InChI is InChI=1S/C12H18N6O/c1-8(2)18-6-9(5-14-18)12-15-10(7-19-3)4-11(16-12)17-13/h4-6,8H,7,13H2,1-3H3,(H,15,16,17). The Morgan fingerprint density at radius 2 is 2.21 bits per heavy atom. The molecular formula is C12H18N6O. The third-order valence-electron chi connectivity index (χ3n) is 2.61. The zero-order valence-electron chi connectivity index (χ0n) is 11.3. The maximum absolute atomic E-state index is 5.41. The summed E-state index contributed by atoms with van der Waals surface area (Å²) < 4.78 is 6.94. The van der Waals surface area contributed by atoms with E-state index in [0.717, 1.165) is 11.3 Å². The highest BCUT2D eigenvalue weighted by Gasteiger charge is 2.10. The van der Waals surface area contributed by atoms with Gasteiger partial charge in [-0.15, -0.1) is 0 Å². The molecule has 7 heteroatoms. The van der Waals surface area contributed by atoms with E-state index in [1.807, 2.05) is 10.9 Å². The van der Waals surface area contributed by atoms with E-state index >= 15 is 0 Å². The average Bonchev–Trinajstić information content (AvgIpc) is 2.88. The number of anilines is 1. The minimum absolute atomic E-state index is 0.294. The van der Waals surface area contributed by atoms with Crippen LogP contribution in [0.15, 0.2) is 18.5 Å². The van der Waals surface area contributed by atoms with Gasteiger partial charge in [0.25, 0.3) is 0 Å². The van der Waals surface area contributed by atoms with E-state index < -0.39 is 0 Å². The molecule has 2 aromatic heterocycles. The Kier molecular flexibility index (Phi) is 4.08. The molecule has 0 saturated carbocycles. The molecule has 0 aliphatic heterocycles. The first-order valence-corrected chi connectivity index (χ1v) is 6.02. The fourth-order valence-corrected chi connectivity index (χ4v) is 1.66. The lowest BCUT2D eigenvalue weighted by atomic mass is 10.3. The minimum Gasteiger partial charge on any atom is -0.378 e. The van der Waals surface area contributed by atoms with Gasteiger partial charge in [0, 0.05) is 25.4 Å². The van der Waals surface area contributed by atoms with Crippen LogP contribution in [0, 0.1) is 0 Å². The van der Waals surface area contributed by atoms with Crippen molar-refractivity contribution in [3.8, 4) is 11.4 Å². The van der Waals surface area contributed by atoms with Crippen molar-refractivity contribution in [1.82, 2.24) is 19.7 Å². The summed E-state index contributed by atoms with van der Waals surface area (Å²) in [5, 5.41) is 4.28. The Hall–Kier alpha value is -1.99. The number of rotatable bonds is 5. The maximum atomic E-state index is 5.41. The van der Waals surface area contributed by atoms with E-state index in [0.29, 0.717) is 24.3 Å². The van der Waals surface area contributed by atoms with Crippen LogP contribution in [0.5, 0.6) is 0 Å². The monoisotopic (exact) mass is 262 g/mol. The molecule has 0 aliphatic carbocycles. The first-order chi connectivity index (χ1) is 9.13. The highest BCUT2D eigenvalue weighted by Crippen LogP contribution is 2.18. The summed E-state index contributed by atoms with van der Waals surface area (Å²) in [6.45, 7) is 4.53. The quantitative estimate of drug-likeness (QED) is 0.624. The summed E-state index contributed by atoms with van der Waals surface area (Å²) in [6, 6.07) is 2.04. The lowest BCUT2D eigenvalue weighted by Gasteiger charge is -2.06. The van der Waals surface area contributed by atoms with Crippen LogP contribution in [-0.2, 0) is 11.3 Å². The summed E-state index contributed by atoms with van der Waals surface area (Å²) in [6.07, 6.45) is 3.66. The second-order valence-corrected chi connectivity index (χ2v) is 4.45. The number of nitrogen functional groups attached to an aromatic ring is 1. The van der Waals surface area contributed by atoms with Gasteiger partial charge in [-0.05, 0) is 13.8 Å². The van der Waals surface area contributed by atoms with Gasteiger partial charge in [-0.25, -0.2) is 15.8 Å². The molecule has 2 rings (SSSR count). The van der Waals surface area contributed by atoms with Gasteiger partial charge in [-0.2, -0.15) is 5.10 Å². The molecule has 2 aromatic rings. The Morgan fingerprint density at radius 3 is 2.79 bits per heavy atom. The SMILES string of the molecule is COCc1cc(NN)nc(-c2cnn(C(C)C)c2)n1. The molecular weight excluding hydrogens is 244 g/mol. The summed E-state index contributed by atoms with van der Waals surface area (Å²) in [5.74, 6) is 6.54. The largest absolute Gasteiger partial charge is 0.378 e. The van der Waals surface area contributed by atoms with E-state index in [1.165, 1.54) is 0 Å². The summed E-state index contributed by atoms with van der Waals surface area (Å²) in [5.41, 5.74) is 4.14. The predicted octanol–water partition coefficient (Wildman–Crippen LogP) is 1.35. The van der Waals surface area contributed by atoms with Gasteiger partial charge < -0.3 is 10.2 Å². The molecule has 0 saturated heterocycles.